The summed E-state index contributed by atoms with van der Waals surface area (Å²) in [4.78, 5) is 13.6. The van der Waals surface area contributed by atoms with Crippen LogP contribution in [0.15, 0.2) is 0 Å². The average Bonchev–Trinajstić information content (AvgIpc) is 2.57. The summed E-state index contributed by atoms with van der Waals surface area (Å²) >= 11 is 0. The van der Waals surface area contributed by atoms with Gasteiger partial charge in [-0.05, 0) is 17.9 Å². The number of β-amino-alcohol motifs (C(OH)–C–C–N with tert-alkyl or cyclic N) is 1. The van der Waals surface area contributed by atoms with Crippen molar-refractivity contribution in [1.82, 2.24) is 10.2 Å². The number of nitrogens with one attached hydrogen (secondary N) is 1. The first-order chi connectivity index (χ1) is 7.84. The molecule has 4 nitrogen and oxygen atoms in total. The van der Waals surface area contributed by atoms with Crippen molar-refractivity contribution in [2.75, 3.05) is 26.2 Å². The van der Waals surface area contributed by atoms with Crippen molar-refractivity contribution in [2.45, 2.75) is 40.2 Å². The molecule has 1 fully saturated rings. The van der Waals surface area contributed by atoms with Crippen LogP contribution in [0.2, 0.25) is 0 Å². The number of carbonyl (C=O) groups excluding carboxylic acids is 1. The first kappa shape index (κ1) is 14.5. The third kappa shape index (κ3) is 4.28. The lowest BCUT2D eigenvalue weighted by Crippen LogP contribution is -2.39. The topological polar surface area (TPSA) is 52.6 Å². The first-order valence-corrected chi connectivity index (χ1v) is 6.51. The Hall–Kier alpha value is -0.610. The summed E-state index contributed by atoms with van der Waals surface area (Å²) in [5.74, 6) is 0.585. The highest BCUT2D eigenvalue weighted by Gasteiger charge is 2.37. The maximum atomic E-state index is 11.8. The zero-order valence-electron chi connectivity index (χ0n) is 11.5. The van der Waals surface area contributed by atoms with Gasteiger partial charge in [-0.15, -0.1) is 0 Å². The Bertz CT molecular complexity index is 261. The number of aliphatic hydroxyl groups excluding tert-OH is 1. The number of likely N-dealkylation sites (N-methyl/N-ethyl adjacent to an activating group) is 1. The Balaban J connectivity index is 2.43. The summed E-state index contributed by atoms with van der Waals surface area (Å²) in [6.07, 6.45) is 0.162. The summed E-state index contributed by atoms with van der Waals surface area (Å²) < 4.78 is 0. The number of rotatable bonds is 5. The van der Waals surface area contributed by atoms with Gasteiger partial charge in [-0.3, -0.25) is 4.79 Å². The molecule has 0 spiro atoms. The summed E-state index contributed by atoms with van der Waals surface area (Å²) in [5.41, 5.74) is 0.164. The molecule has 0 aromatic rings. The Morgan fingerprint density at radius 1 is 1.53 bits per heavy atom. The SMILES string of the molecule is CCNCC(O)CN1CC(C(C)(C)C)CC1=O. The van der Waals surface area contributed by atoms with Gasteiger partial charge in [0.2, 0.25) is 5.91 Å². The smallest absolute Gasteiger partial charge is 0.223 e. The molecule has 2 N–H and O–H groups in total. The van der Waals surface area contributed by atoms with Crippen molar-refractivity contribution in [1.29, 1.82) is 0 Å². The second kappa shape index (κ2) is 5.83. The monoisotopic (exact) mass is 242 g/mol. The highest BCUT2D eigenvalue weighted by Crippen LogP contribution is 2.34. The van der Waals surface area contributed by atoms with E-state index in [1.54, 1.807) is 4.90 Å². The highest BCUT2D eigenvalue weighted by molar-refractivity contribution is 5.78. The zero-order valence-corrected chi connectivity index (χ0v) is 11.5. The molecule has 1 rings (SSSR count). The van der Waals surface area contributed by atoms with Gasteiger partial charge in [0.1, 0.15) is 0 Å². The molecule has 0 saturated carbocycles. The van der Waals surface area contributed by atoms with Crippen molar-refractivity contribution in [3.63, 3.8) is 0 Å². The largest absolute Gasteiger partial charge is 0.390 e. The fourth-order valence-corrected chi connectivity index (χ4v) is 2.16. The van der Waals surface area contributed by atoms with Crippen molar-refractivity contribution >= 4 is 5.91 Å². The fourth-order valence-electron chi connectivity index (χ4n) is 2.16. The summed E-state index contributed by atoms with van der Waals surface area (Å²) in [6.45, 7) is 11.2. The Kier molecular flexibility index (Phi) is 4.95. The van der Waals surface area contributed by atoms with E-state index in [1.807, 2.05) is 6.92 Å². The van der Waals surface area contributed by atoms with Crippen LogP contribution in [0.1, 0.15) is 34.1 Å². The maximum absolute atomic E-state index is 11.8. The second-order valence-electron chi connectivity index (χ2n) is 6.03. The Morgan fingerprint density at radius 2 is 2.18 bits per heavy atom. The molecule has 0 aromatic heterocycles. The predicted octanol–water partition coefficient (Wildman–Crippen LogP) is 0.851. The summed E-state index contributed by atoms with van der Waals surface area (Å²) in [5, 5.41) is 12.9. The van der Waals surface area contributed by atoms with Gasteiger partial charge in [-0.2, -0.15) is 0 Å². The molecule has 1 heterocycles. The van der Waals surface area contributed by atoms with Gasteiger partial charge in [-0.25, -0.2) is 0 Å². The van der Waals surface area contributed by atoms with Crippen molar-refractivity contribution in [2.24, 2.45) is 11.3 Å². The van der Waals surface area contributed by atoms with E-state index in [4.69, 9.17) is 0 Å². The number of likely N-dealkylation sites (tertiary alicyclic amines) is 1. The molecule has 0 aromatic carbocycles. The van der Waals surface area contributed by atoms with Gasteiger partial charge < -0.3 is 15.3 Å². The lowest BCUT2D eigenvalue weighted by Gasteiger charge is -2.27. The zero-order chi connectivity index (χ0) is 13.1. The van der Waals surface area contributed by atoms with Crippen LogP contribution in [0.25, 0.3) is 0 Å². The van der Waals surface area contributed by atoms with Crippen LogP contribution in [-0.2, 0) is 4.79 Å². The van der Waals surface area contributed by atoms with Crippen LogP contribution in [-0.4, -0.2) is 48.2 Å². The molecule has 0 radical (unpaired) electrons. The number of aliphatic hydroxyl groups is 1. The molecule has 0 bridgehead atoms. The predicted molar refractivity (Wildman–Crippen MR) is 68.7 cm³/mol. The minimum Gasteiger partial charge on any atom is -0.390 e. The van der Waals surface area contributed by atoms with E-state index in [0.717, 1.165) is 13.1 Å². The molecule has 2 unspecified atom stereocenters. The molecule has 100 valence electrons. The van der Waals surface area contributed by atoms with Crippen molar-refractivity contribution in [3.8, 4) is 0 Å². The molecule has 2 atom stereocenters. The molecule has 1 saturated heterocycles. The van der Waals surface area contributed by atoms with Gasteiger partial charge >= 0.3 is 0 Å². The second-order valence-corrected chi connectivity index (χ2v) is 6.03. The summed E-state index contributed by atoms with van der Waals surface area (Å²) in [6, 6.07) is 0. The molecule has 1 amide bonds. The van der Waals surface area contributed by atoms with Crippen LogP contribution in [0, 0.1) is 11.3 Å². The third-order valence-electron chi connectivity index (χ3n) is 3.50. The standard InChI is InChI=1S/C13H26N2O2/c1-5-14-7-11(16)9-15-8-10(6-12(15)17)13(2,3)4/h10-11,14,16H,5-9H2,1-4H3. The number of nitrogens with zero attached hydrogens (tertiary/aromatic N) is 1. The van der Waals surface area contributed by atoms with Crippen LogP contribution in [0.4, 0.5) is 0 Å². The van der Waals surface area contributed by atoms with Gasteiger partial charge in [0.05, 0.1) is 6.10 Å². The van der Waals surface area contributed by atoms with E-state index in [1.165, 1.54) is 0 Å². The van der Waals surface area contributed by atoms with Crippen molar-refractivity contribution < 1.29 is 9.90 Å². The van der Waals surface area contributed by atoms with E-state index >= 15 is 0 Å². The number of hydrogen-bond acceptors (Lipinski definition) is 3. The molecule has 1 aliphatic rings. The lowest BCUT2D eigenvalue weighted by molar-refractivity contribution is -0.128. The van der Waals surface area contributed by atoms with E-state index < -0.39 is 6.10 Å². The van der Waals surface area contributed by atoms with Crippen LogP contribution < -0.4 is 5.32 Å². The quantitative estimate of drug-likeness (QED) is 0.751. The molecular formula is C13H26N2O2. The van der Waals surface area contributed by atoms with Gasteiger partial charge in [0, 0.05) is 26.1 Å². The van der Waals surface area contributed by atoms with Crippen LogP contribution >= 0.6 is 0 Å². The van der Waals surface area contributed by atoms with Crippen molar-refractivity contribution in [3.05, 3.63) is 0 Å². The average molecular weight is 242 g/mol. The van der Waals surface area contributed by atoms with E-state index in [2.05, 4.69) is 26.1 Å². The molecule has 1 aliphatic heterocycles. The minimum atomic E-state index is -0.461. The van der Waals surface area contributed by atoms with Crippen LogP contribution in [0.5, 0.6) is 0 Å². The van der Waals surface area contributed by atoms with E-state index in [9.17, 15) is 9.90 Å². The van der Waals surface area contributed by atoms with E-state index in [0.29, 0.717) is 25.4 Å². The Labute approximate surface area is 104 Å². The number of carbonyl (C=O) groups is 1. The normalized spacial score (nSPS) is 23.2. The number of hydrogen-bond donors (Lipinski definition) is 2. The minimum absolute atomic E-state index is 0.164. The Morgan fingerprint density at radius 3 is 2.65 bits per heavy atom. The molecular weight excluding hydrogens is 216 g/mol. The van der Waals surface area contributed by atoms with Crippen LogP contribution in [0.3, 0.4) is 0 Å². The van der Waals surface area contributed by atoms with Gasteiger partial charge in [-0.1, -0.05) is 27.7 Å². The molecule has 4 heteroatoms. The molecule has 17 heavy (non-hydrogen) atoms. The molecule has 0 aliphatic carbocycles. The fraction of sp³-hybridized carbons (Fsp3) is 0.923. The summed E-state index contributed by atoms with van der Waals surface area (Å²) in [7, 11) is 0. The first-order valence-electron chi connectivity index (χ1n) is 6.51. The van der Waals surface area contributed by atoms with Gasteiger partial charge in [0.15, 0.2) is 0 Å². The maximum Gasteiger partial charge on any atom is 0.223 e. The van der Waals surface area contributed by atoms with E-state index in [-0.39, 0.29) is 11.3 Å². The highest BCUT2D eigenvalue weighted by atomic mass is 16.3. The van der Waals surface area contributed by atoms with Gasteiger partial charge in [0.25, 0.3) is 0 Å². The third-order valence-corrected chi connectivity index (χ3v) is 3.50. The lowest BCUT2D eigenvalue weighted by atomic mass is 9.80. The number of amides is 1.